The lowest BCUT2D eigenvalue weighted by molar-refractivity contribution is -0.116. The molecule has 6 nitrogen and oxygen atoms in total. The number of fused-ring (bicyclic) bond motifs is 1. The van der Waals surface area contributed by atoms with Crippen LogP contribution in [0.4, 0.5) is 5.13 Å². The van der Waals surface area contributed by atoms with Crippen LogP contribution in [0.25, 0.3) is 10.9 Å². The number of nitrogens with one attached hydrogen (secondary N) is 1. The standard InChI is InChI=1S/C17H20N4O2S/c1-3-4-5-16-19-20-17(24-16)18-15(22)11-21-9-8-12-10-13(23-2)6-7-14(12)21/h6-10H,3-5,11H2,1-2H3,(H,18,20,22). The Kier molecular flexibility index (Phi) is 5.10. The van der Waals surface area contributed by atoms with Gasteiger partial charge in [0.2, 0.25) is 11.0 Å². The summed E-state index contributed by atoms with van der Waals surface area (Å²) < 4.78 is 7.13. The first-order valence-corrected chi connectivity index (χ1v) is 8.76. The zero-order valence-corrected chi connectivity index (χ0v) is 14.6. The molecule has 0 unspecified atom stereocenters. The molecule has 126 valence electrons. The maximum atomic E-state index is 12.3. The Morgan fingerprint density at radius 3 is 3.00 bits per heavy atom. The van der Waals surface area contributed by atoms with Crippen molar-refractivity contribution in [1.82, 2.24) is 14.8 Å². The number of unbranched alkanes of at least 4 members (excludes halogenated alkanes) is 1. The number of amides is 1. The highest BCUT2D eigenvalue weighted by atomic mass is 32.1. The summed E-state index contributed by atoms with van der Waals surface area (Å²) in [6.07, 6.45) is 5.01. The molecule has 24 heavy (non-hydrogen) atoms. The van der Waals surface area contributed by atoms with Gasteiger partial charge in [0.05, 0.1) is 7.11 Å². The highest BCUT2D eigenvalue weighted by Gasteiger charge is 2.10. The van der Waals surface area contributed by atoms with Crippen LogP contribution in [0, 0.1) is 0 Å². The Hall–Kier alpha value is -2.41. The third-order valence-corrected chi connectivity index (χ3v) is 4.65. The molecule has 0 atom stereocenters. The van der Waals surface area contributed by atoms with Gasteiger partial charge in [0, 0.05) is 23.5 Å². The molecule has 3 rings (SSSR count). The van der Waals surface area contributed by atoms with Gasteiger partial charge in [0.15, 0.2) is 0 Å². The number of benzene rings is 1. The summed E-state index contributed by atoms with van der Waals surface area (Å²) in [5.74, 6) is 0.694. The zero-order valence-electron chi connectivity index (χ0n) is 13.8. The first-order chi connectivity index (χ1) is 11.7. The molecule has 0 aliphatic rings. The Morgan fingerprint density at radius 2 is 2.21 bits per heavy atom. The molecule has 0 radical (unpaired) electrons. The Bertz CT molecular complexity index is 840. The molecule has 0 saturated heterocycles. The van der Waals surface area contributed by atoms with Crippen LogP contribution >= 0.6 is 11.3 Å². The summed E-state index contributed by atoms with van der Waals surface area (Å²) >= 11 is 1.44. The number of methoxy groups -OCH3 is 1. The van der Waals surface area contributed by atoms with E-state index in [4.69, 9.17) is 4.74 Å². The van der Waals surface area contributed by atoms with E-state index in [0.29, 0.717) is 5.13 Å². The summed E-state index contributed by atoms with van der Waals surface area (Å²) in [5.41, 5.74) is 0.992. The monoisotopic (exact) mass is 344 g/mol. The minimum atomic E-state index is -0.110. The van der Waals surface area contributed by atoms with Crippen molar-refractivity contribution in [3.8, 4) is 5.75 Å². The highest BCUT2D eigenvalue weighted by Crippen LogP contribution is 2.22. The average molecular weight is 344 g/mol. The molecule has 2 aromatic heterocycles. The molecular weight excluding hydrogens is 324 g/mol. The van der Waals surface area contributed by atoms with Crippen LogP contribution < -0.4 is 10.1 Å². The average Bonchev–Trinajstić information content (AvgIpc) is 3.19. The van der Waals surface area contributed by atoms with Crippen molar-refractivity contribution in [2.75, 3.05) is 12.4 Å². The molecule has 3 aromatic rings. The maximum Gasteiger partial charge on any atom is 0.246 e. The number of hydrogen-bond donors (Lipinski definition) is 1. The van der Waals surface area contributed by atoms with Crippen molar-refractivity contribution < 1.29 is 9.53 Å². The number of nitrogens with zero attached hydrogens (tertiary/aromatic N) is 3. The molecule has 1 aromatic carbocycles. The van der Waals surface area contributed by atoms with Gasteiger partial charge in [-0.25, -0.2) is 0 Å². The quantitative estimate of drug-likeness (QED) is 0.712. The lowest BCUT2D eigenvalue weighted by Gasteiger charge is -2.06. The lowest BCUT2D eigenvalue weighted by Crippen LogP contribution is -2.18. The topological polar surface area (TPSA) is 69.0 Å². The molecule has 1 amide bonds. The Labute approximate surface area is 144 Å². The van der Waals surface area contributed by atoms with Crippen molar-refractivity contribution in [1.29, 1.82) is 0 Å². The van der Waals surface area contributed by atoms with E-state index in [1.165, 1.54) is 11.3 Å². The number of rotatable bonds is 7. The Balaban J connectivity index is 1.65. The van der Waals surface area contributed by atoms with E-state index in [-0.39, 0.29) is 12.5 Å². The van der Waals surface area contributed by atoms with Crippen molar-refractivity contribution in [2.45, 2.75) is 32.7 Å². The normalized spacial score (nSPS) is 10.9. The van der Waals surface area contributed by atoms with Crippen molar-refractivity contribution in [3.63, 3.8) is 0 Å². The molecule has 2 heterocycles. The number of carbonyl (C=O) groups is 1. The van der Waals surface area contributed by atoms with Crippen molar-refractivity contribution in [3.05, 3.63) is 35.5 Å². The lowest BCUT2D eigenvalue weighted by atomic mass is 10.2. The second-order valence-electron chi connectivity index (χ2n) is 5.52. The van der Waals surface area contributed by atoms with Crippen LogP contribution in [-0.4, -0.2) is 27.8 Å². The summed E-state index contributed by atoms with van der Waals surface area (Å²) in [4.78, 5) is 12.3. The second-order valence-corrected chi connectivity index (χ2v) is 6.58. The molecule has 7 heteroatoms. The molecule has 0 bridgehead atoms. The van der Waals surface area contributed by atoms with Gasteiger partial charge in [-0.15, -0.1) is 10.2 Å². The van der Waals surface area contributed by atoms with E-state index in [9.17, 15) is 4.79 Å². The minimum Gasteiger partial charge on any atom is -0.497 e. The van der Waals surface area contributed by atoms with Gasteiger partial charge in [-0.05, 0) is 30.7 Å². The molecule has 0 aliphatic heterocycles. The van der Waals surface area contributed by atoms with Crippen LogP contribution in [0.15, 0.2) is 30.5 Å². The van der Waals surface area contributed by atoms with Gasteiger partial charge >= 0.3 is 0 Å². The zero-order chi connectivity index (χ0) is 16.9. The molecule has 0 saturated carbocycles. The van der Waals surface area contributed by atoms with Gasteiger partial charge < -0.3 is 9.30 Å². The predicted octanol–water partition coefficient (Wildman–Crippen LogP) is 3.48. The first kappa shape index (κ1) is 16.4. The van der Waals surface area contributed by atoms with E-state index in [1.54, 1.807) is 7.11 Å². The fraction of sp³-hybridized carbons (Fsp3) is 0.353. The fourth-order valence-corrected chi connectivity index (χ4v) is 3.29. The molecule has 0 aliphatic carbocycles. The number of carbonyl (C=O) groups excluding carboxylic acids is 1. The smallest absolute Gasteiger partial charge is 0.246 e. The van der Waals surface area contributed by atoms with E-state index >= 15 is 0 Å². The van der Waals surface area contributed by atoms with E-state index in [1.807, 2.05) is 35.0 Å². The maximum absolute atomic E-state index is 12.3. The summed E-state index contributed by atoms with van der Waals surface area (Å²) in [6.45, 7) is 2.38. The van der Waals surface area contributed by atoms with E-state index < -0.39 is 0 Å². The van der Waals surface area contributed by atoms with Crippen LogP contribution in [0.2, 0.25) is 0 Å². The van der Waals surface area contributed by atoms with Crippen LogP contribution in [0.3, 0.4) is 0 Å². The van der Waals surface area contributed by atoms with Crippen LogP contribution in [0.5, 0.6) is 5.75 Å². The third kappa shape index (κ3) is 3.73. The third-order valence-electron chi connectivity index (χ3n) is 3.75. The molecule has 0 fully saturated rings. The van der Waals surface area contributed by atoms with Gasteiger partial charge in [-0.1, -0.05) is 24.7 Å². The number of anilines is 1. The van der Waals surface area contributed by atoms with Crippen molar-refractivity contribution in [2.24, 2.45) is 0 Å². The van der Waals surface area contributed by atoms with Crippen LogP contribution in [0.1, 0.15) is 24.8 Å². The SMILES string of the molecule is CCCCc1nnc(NC(=O)Cn2ccc3cc(OC)ccc32)s1. The van der Waals surface area contributed by atoms with Gasteiger partial charge in [-0.2, -0.15) is 0 Å². The second kappa shape index (κ2) is 7.44. The van der Waals surface area contributed by atoms with Gasteiger partial charge in [-0.3, -0.25) is 10.1 Å². The molecule has 0 spiro atoms. The van der Waals surface area contributed by atoms with E-state index in [0.717, 1.165) is 40.9 Å². The summed E-state index contributed by atoms with van der Waals surface area (Å²) in [7, 11) is 1.64. The largest absolute Gasteiger partial charge is 0.497 e. The van der Waals surface area contributed by atoms with E-state index in [2.05, 4.69) is 22.4 Å². The van der Waals surface area contributed by atoms with Crippen molar-refractivity contribution >= 4 is 33.3 Å². The summed E-state index contributed by atoms with van der Waals surface area (Å²) in [5, 5.41) is 13.5. The Morgan fingerprint density at radius 1 is 1.33 bits per heavy atom. The number of aryl methyl sites for hydroxylation is 1. The molecular formula is C17H20N4O2S. The summed E-state index contributed by atoms with van der Waals surface area (Å²) in [6, 6.07) is 7.77. The van der Waals surface area contributed by atoms with Crippen LogP contribution in [-0.2, 0) is 17.8 Å². The number of hydrogen-bond acceptors (Lipinski definition) is 5. The van der Waals surface area contributed by atoms with Gasteiger partial charge in [0.1, 0.15) is 17.3 Å². The molecule has 1 N–H and O–H groups in total. The van der Waals surface area contributed by atoms with Gasteiger partial charge in [0.25, 0.3) is 0 Å². The first-order valence-electron chi connectivity index (χ1n) is 7.94. The number of aromatic nitrogens is 3. The minimum absolute atomic E-state index is 0.110. The number of ether oxygens (including phenoxy) is 1. The fourth-order valence-electron chi connectivity index (χ4n) is 2.49. The highest BCUT2D eigenvalue weighted by molar-refractivity contribution is 7.15. The predicted molar refractivity (Wildman–Crippen MR) is 95.6 cm³/mol.